The van der Waals surface area contributed by atoms with Crippen molar-refractivity contribution in [2.75, 3.05) is 19.0 Å². The van der Waals surface area contributed by atoms with Gasteiger partial charge in [-0.15, -0.1) is 0 Å². The Hall–Kier alpha value is -2.54. The molecule has 0 saturated carbocycles. The standard InChI is InChI=1S/C19H19F3N2O2/c1-11-8-13(12(2)24(11)6-7-26-3)9-16-15-5-4-14(19(20,21)22)10-17(15)23-18(16)25/h4-5,8-10H,6-7H2,1-3H3,(H,23,25)/b16-9+. The summed E-state index contributed by atoms with van der Waals surface area (Å²) < 4.78 is 45.8. The molecule has 2 heterocycles. The van der Waals surface area contributed by atoms with Gasteiger partial charge in [0.05, 0.1) is 12.2 Å². The zero-order chi connectivity index (χ0) is 19.1. The van der Waals surface area contributed by atoms with Crippen LogP contribution in [0.1, 0.15) is 28.1 Å². The minimum absolute atomic E-state index is 0.185. The SMILES string of the molecule is COCCn1c(C)cc(/C=C2/C(=O)Nc3cc(C(F)(F)F)ccc32)c1C. The summed E-state index contributed by atoms with van der Waals surface area (Å²) in [5.41, 5.74) is 3.10. The zero-order valence-corrected chi connectivity index (χ0v) is 14.7. The maximum Gasteiger partial charge on any atom is 0.416 e. The Morgan fingerprint density at radius 1 is 1.23 bits per heavy atom. The van der Waals surface area contributed by atoms with E-state index in [1.54, 1.807) is 13.2 Å². The molecule has 7 heteroatoms. The highest BCUT2D eigenvalue weighted by atomic mass is 19.4. The number of fused-ring (bicyclic) bond motifs is 1. The number of aryl methyl sites for hydroxylation is 1. The van der Waals surface area contributed by atoms with Crippen molar-refractivity contribution in [3.8, 4) is 0 Å². The van der Waals surface area contributed by atoms with E-state index in [0.29, 0.717) is 24.3 Å². The van der Waals surface area contributed by atoms with E-state index in [0.717, 1.165) is 29.1 Å². The van der Waals surface area contributed by atoms with Gasteiger partial charge in [0.1, 0.15) is 0 Å². The van der Waals surface area contributed by atoms with Gasteiger partial charge in [-0.05, 0) is 43.7 Å². The largest absolute Gasteiger partial charge is 0.416 e. The molecule has 1 amide bonds. The Balaban J connectivity index is 2.00. The fourth-order valence-corrected chi connectivity index (χ4v) is 3.17. The summed E-state index contributed by atoms with van der Waals surface area (Å²) in [6, 6.07) is 5.25. The molecule has 1 aliphatic rings. The van der Waals surface area contributed by atoms with E-state index in [1.165, 1.54) is 6.07 Å². The first-order valence-corrected chi connectivity index (χ1v) is 8.12. The molecular weight excluding hydrogens is 345 g/mol. The number of carbonyl (C=O) groups is 1. The Morgan fingerprint density at radius 2 is 1.96 bits per heavy atom. The highest BCUT2D eigenvalue weighted by Gasteiger charge is 2.33. The summed E-state index contributed by atoms with van der Waals surface area (Å²) >= 11 is 0. The van der Waals surface area contributed by atoms with Gasteiger partial charge in [0.2, 0.25) is 0 Å². The van der Waals surface area contributed by atoms with Crippen molar-refractivity contribution in [1.82, 2.24) is 4.57 Å². The lowest BCUT2D eigenvalue weighted by atomic mass is 10.0. The Morgan fingerprint density at radius 3 is 2.62 bits per heavy atom. The normalized spacial score (nSPS) is 15.5. The number of methoxy groups -OCH3 is 1. The summed E-state index contributed by atoms with van der Waals surface area (Å²) in [6.45, 7) is 5.16. The number of hydrogen-bond acceptors (Lipinski definition) is 2. The molecule has 26 heavy (non-hydrogen) atoms. The fourth-order valence-electron chi connectivity index (χ4n) is 3.17. The Kier molecular flexibility index (Phi) is 4.66. The van der Waals surface area contributed by atoms with Gasteiger partial charge in [0, 0.05) is 41.9 Å². The van der Waals surface area contributed by atoms with E-state index in [9.17, 15) is 18.0 Å². The average molecular weight is 364 g/mol. The molecule has 1 N–H and O–H groups in total. The molecule has 0 saturated heterocycles. The third-order valence-electron chi connectivity index (χ3n) is 4.56. The number of benzene rings is 1. The average Bonchev–Trinajstić information content (AvgIpc) is 3.01. The van der Waals surface area contributed by atoms with Crippen LogP contribution in [-0.2, 0) is 22.3 Å². The first-order chi connectivity index (χ1) is 12.2. The number of halogens is 3. The second-order valence-corrected chi connectivity index (χ2v) is 6.24. The molecule has 1 aromatic carbocycles. The van der Waals surface area contributed by atoms with Crippen LogP contribution < -0.4 is 5.32 Å². The van der Waals surface area contributed by atoms with Crippen LogP contribution in [0.25, 0.3) is 11.6 Å². The van der Waals surface area contributed by atoms with Gasteiger partial charge in [-0.1, -0.05) is 6.07 Å². The second kappa shape index (κ2) is 6.64. The number of carbonyl (C=O) groups excluding carboxylic acids is 1. The molecule has 3 rings (SSSR count). The maximum absolute atomic E-state index is 12.9. The summed E-state index contributed by atoms with van der Waals surface area (Å²) in [5.74, 6) is -0.402. The van der Waals surface area contributed by atoms with Crippen molar-refractivity contribution in [2.45, 2.75) is 26.6 Å². The van der Waals surface area contributed by atoms with Gasteiger partial charge in [0.15, 0.2) is 0 Å². The van der Waals surface area contributed by atoms with Crippen LogP contribution in [-0.4, -0.2) is 24.2 Å². The number of nitrogens with zero attached hydrogens (tertiary/aromatic N) is 1. The third kappa shape index (κ3) is 3.26. The smallest absolute Gasteiger partial charge is 0.383 e. The molecule has 2 aromatic rings. The van der Waals surface area contributed by atoms with Gasteiger partial charge in [0.25, 0.3) is 5.91 Å². The molecule has 0 bridgehead atoms. The molecule has 0 atom stereocenters. The number of rotatable bonds is 4. The first-order valence-electron chi connectivity index (χ1n) is 8.12. The zero-order valence-electron chi connectivity index (χ0n) is 14.7. The number of anilines is 1. The predicted molar refractivity (Wildman–Crippen MR) is 93.7 cm³/mol. The van der Waals surface area contributed by atoms with E-state index < -0.39 is 17.6 Å². The van der Waals surface area contributed by atoms with E-state index in [4.69, 9.17) is 4.74 Å². The van der Waals surface area contributed by atoms with E-state index >= 15 is 0 Å². The third-order valence-corrected chi connectivity index (χ3v) is 4.56. The van der Waals surface area contributed by atoms with E-state index in [1.807, 2.05) is 19.9 Å². The molecule has 0 unspecified atom stereocenters. The van der Waals surface area contributed by atoms with Crippen molar-refractivity contribution < 1.29 is 22.7 Å². The van der Waals surface area contributed by atoms with Crippen molar-refractivity contribution in [3.05, 3.63) is 52.3 Å². The van der Waals surface area contributed by atoms with Gasteiger partial charge in [-0.2, -0.15) is 13.2 Å². The monoisotopic (exact) mass is 364 g/mol. The topological polar surface area (TPSA) is 43.3 Å². The van der Waals surface area contributed by atoms with Gasteiger partial charge >= 0.3 is 6.18 Å². The number of alkyl halides is 3. The highest BCUT2D eigenvalue weighted by molar-refractivity contribution is 6.35. The quantitative estimate of drug-likeness (QED) is 0.824. The van der Waals surface area contributed by atoms with Gasteiger partial charge < -0.3 is 14.6 Å². The van der Waals surface area contributed by atoms with Crippen LogP contribution in [0.3, 0.4) is 0 Å². The molecule has 0 radical (unpaired) electrons. The van der Waals surface area contributed by atoms with Crippen LogP contribution in [0, 0.1) is 13.8 Å². The molecule has 1 aliphatic heterocycles. The lowest BCUT2D eigenvalue weighted by Crippen LogP contribution is -2.07. The molecule has 138 valence electrons. The lowest BCUT2D eigenvalue weighted by Gasteiger charge is -2.08. The van der Waals surface area contributed by atoms with Crippen LogP contribution in [0.4, 0.5) is 18.9 Å². The van der Waals surface area contributed by atoms with Crippen molar-refractivity contribution in [1.29, 1.82) is 0 Å². The molecular formula is C19H19F3N2O2. The molecule has 4 nitrogen and oxygen atoms in total. The number of amides is 1. The number of nitrogens with one attached hydrogen (secondary N) is 1. The van der Waals surface area contributed by atoms with Crippen molar-refractivity contribution in [2.24, 2.45) is 0 Å². The predicted octanol–water partition coefficient (Wildman–Crippen LogP) is 4.26. The Bertz CT molecular complexity index is 895. The number of ether oxygens (including phenoxy) is 1. The minimum Gasteiger partial charge on any atom is -0.383 e. The maximum atomic E-state index is 12.9. The van der Waals surface area contributed by atoms with Crippen LogP contribution in [0.15, 0.2) is 24.3 Å². The van der Waals surface area contributed by atoms with E-state index in [2.05, 4.69) is 9.88 Å². The minimum atomic E-state index is -4.45. The Labute approximate surface area is 149 Å². The van der Waals surface area contributed by atoms with Crippen LogP contribution >= 0.6 is 0 Å². The lowest BCUT2D eigenvalue weighted by molar-refractivity contribution is -0.137. The van der Waals surface area contributed by atoms with Gasteiger partial charge in [-0.3, -0.25) is 4.79 Å². The number of aromatic nitrogens is 1. The van der Waals surface area contributed by atoms with Gasteiger partial charge in [-0.25, -0.2) is 0 Å². The van der Waals surface area contributed by atoms with Crippen molar-refractivity contribution in [3.63, 3.8) is 0 Å². The summed E-state index contributed by atoms with van der Waals surface area (Å²) in [7, 11) is 1.63. The highest BCUT2D eigenvalue weighted by Crippen LogP contribution is 2.38. The molecule has 0 aliphatic carbocycles. The summed E-state index contributed by atoms with van der Waals surface area (Å²) in [6.07, 6.45) is -2.72. The summed E-state index contributed by atoms with van der Waals surface area (Å²) in [4.78, 5) is 12.3. The van der Waals surface area contributed by atoms with Crippen LogP contribution in [0.2, 0.25) is 0 Å². The molecule has 1 aromatic heterocycles. The number of hydrogen-bond donors (Lipinski definition) is 1. The van der Waals surface area contributed by atoms with E-state index in [-0.39, 0.29) is 5.69 Å². The second-order valence-electron chi connectivity index (χ2n) is 6.24. The molecule has 0 spiro atoms. The van der Waals surface area contributed by atoms with Crippen molar-refractivity contribution >= 4 is 23.2 Å². The summed E-state index contributed by atoms with van der Waals surface area (Å²) in [5, 5.41) is 2.52. The first kappa shape index (κ1) is 18.3. The fraction of sp³-hybridized carbons (Fsp3) is 0.316. The molecule has 0 fully saturated rings. The van der Waals surface area contributed by atoms with Crippen LogP contribution in [0.5, 0.6) is 0 Å².